The number of hydrogen-bond donors (Lipinski definition) is 1. The number of aromatic nitrogens is 1. The first-order valence-electron chi connectivity index (χ1n) is 2.85. The zero-order valence-electron chi connectivity index (χ0n) is 5.59. The van der Waals surface area contributed by atoms with Gasteiger partial charge in [0.15, 0.2) is 6.19 Å². The summed E-state index contributed by atoms with van der Waals surface area (Å²) in [5.41, 5.74) is 2.79. The molecule has 0 fully saturated rings. The van der Waals surface area contributed by atoms with Gasteiger partial charge in [-0.05, 0) is 6.92 Å². The largest absolute Gasteiger partial charge is 0.319 e. The number of thiazole rings is 1. The van der Waals surface area contributed by atoms with Gasteiger partial charge in [-0.2, -0.15) is 5.26 Å². The van der Waals surface area contributed by atoms with E-state index in [1.165, 1.54) is 0 Å². The lowest BCUT2D eigenvalue weighted by Gasteiger charge is -1.92. The van der Waals surface area contributed by atoms with Gasteiger partial charge in [-0.15, -0.1) is 11.3 Å². The molecule has 0 unspecified atom stereocenters. The minimum absolute atomic E-state index is 0.604. The second kappa shape index (κ2) is 3.18. The third-order valence-electron chi connectivity index (χ3n) is 1.17. The molecule has 0 aliphatic rings. The number of rotatable bonds is 2. The van der Waals surface area contributed by atoms with Crippen molar-refractivity contribution in [3.05, 3.63) is 16.1 Å². The Morgan fingerprint density at radius 3 is 3.20 bits per heavy atom. The molecular formula is C6H7N3S. The Kier molecular flexibility index (Phi) is 2.24. The van der Waals surface area contributed by atoms with Gasteiger partial charge in [-0.3, -0.25) is 0 Å². The van der Waals surface area contributed by atoms with Crippen LogP contribution in [-0.4, -0.2) is 4.98 Å². The summed E-state index contributed by atoms with van der Waals surface area (Å²) in [6.45, 7) is 2.54. The van der Waals surface area contributed by atoms with Gasteiger partial charge in [0.2, 0.25) is 0 Å². The molecule has 1 heterocycles. The monoisotopic (exact) mass is 153 g/mol. The standard InChI is InChI=1S/C6H7N3S/c1-5-6(2-8-3-7)10-4-9-5/h4,8H,2H2,1H3. The smallest absolute Gasteiger partial charge is 0.176 e. The molecule has 1 aromatic heterocycles. The van der Waals surface area contributed by atoms with E-state index < -0.39 is 0 Å². The summed E-state index contributed by atoms with van der Waals surface area (Å²) in [6.07, 6.45) is 1.86. The Balaban J connectivity index is 2.59. The van der Waals surface area contributed by atoms with E-state index in [-0.39, 0.29) is 0 Å². The van der Waals surface area contributed by atoms with Gasteiger partial charge >= 0.3 is 0 Å². The molecule has 0 spiro atoms. The van der Waals surface area contributed by atoms with Gasteiger partial charge in [0.1, 0.15) is 0 Å². The second-order valence-electron chi connectivity index (χ2n) is 1.83. The Labute approximate surface area is 63.3 Å². The molecule has 0 aliphatic heterocycles. The molecule has 1 N–H and O–H groups in total. The van der Waals surface area contributed by atoms with E-state index in [9.17, 15) is 0 Å². The molecule has 0 amide bonds. The first-order valence-corrected chi connectivity index (χ1v) is 3.73. The number of nitriles is 1. The van der Waals surface area contributed by atoms with Crippen molar-refractivity contribution >= 4 is 11.3 Å². The predicted octanol–water partition coefficient (Wildman–Crippen LogP) is 1.02. The van der Waals surface area contributed by atoms with Crippen LogP contribution in [0.3, 0.4) is 0 Å². The van der Waals surface area contributed by atoms with Gasteiger partial charge in [0.05, 0.1) is 17.7 Å². The van der Waals surface area contributed by atoms with Crippen LogP contribution in [-0.2, 0) is 6.54 Å². The van der Waals surface area contributed by atoms with Crippen LogP contribution in [0.1, 0.15) is 10.6 Å². The van der Waals surface area contributed by atoms with Crippen molar-refractivity contribution in [3.63, 3.8) is 0 Å². The predicted molar refractivity (Wildman–Crippen MR) is 39.3 cm³/mol. The minimum Gasteiger partial charge on any atom is -0.319 e. The maximum Gasteiger partial charge on any atom is 0.176 e. The number of aryl methyl sites for hydroxylation is 1. The summed E-state index contributed by atoms with van der Waals surface area (Å²) in [4.78, 5) is 5.17. The van der Waals surface area contributed by atoms with Crippen molar-refractivity contribution in [2.75, 3.05) is 0 Å². The van der Waals surface area contributed by atoms with E-state index in [1.54, 1.807) is 16.8 Å². The summed E-state index contributed by atoms with van der Waals surface area (Å²) in [5.74, 6) is 0. The van der Waals surface area contributed by atoms with E-state index >= 15 is 0 Å². The first-order chi connectivity index (χ1) is 4.84. The average molecular weight is 153 g/mol. The van der Waals surface area contributed by atoms with Gasteiger partial charge < -0.3 is 5.32 Å². The lowest BCUT2D eigenvalue weighted by atomic mass is 10.4. The average Bonchev–Trinajstić information content (AvgIpc) is 2.31. The van der Waals surface area contributed by atoms with Crippen molar-refractivity contribution in [1.29, 1.82) is 5.26 Å². The molecule has 0 aliphatic carbocycles. The van der Waals surface area contributed by atoms with Crippen molar-refractivity contribution in [2.45, 2.75) is 13.5 Å². The summed E-state index contributed by atoms with van der Waals surface area (Å²) in [7, 11) is 0. The number of nitrogens with one attached hydrogen (secondary N) is 1. The summed E-state index contributed by atoms with van der Waals surface area (Å²) in [5, 5.41) is 10.7. The molecule has 0 aromatic carbocycles. The van der Waals surface area contributed by atoms with Crippen molar-refractivity contribution < 1.29 is 0 Å². The Hall–Kier alpha value is -1.08. The highest BCUT2D eigenvalue weighted by atomic mass is 32.1. The van der Waals surface area contributed by atoms with Crippen LogP contribution in [0.2, 0.25) is 0 Å². The third kappa shape index (κ3) is 1.45. The van der Waals surface area contributed by atoms with Crippen LogP contribution in [0.15, 0.2) is 5.51 Å². The highest BCUT2D eigenvalue weighted by Gasteiger charge is 1.97. The molecule has 10 heavy (non-hydrogen) atoms. The minimum atomic E-state index is 0.604. The lowest BCUT2D eigenvalue weighted by Crippen LogP contribution is -2.03. The number of nitrogens with zero attached hydrogens (tertiary/aromatic N) is 2. The van der Waals surface area contributed by atoms with Crippen LogP contribution in [0, 0.1) is 18.4 Å². The van der Waals surface area contributed by atoms with Crippen LogP contribution in [0.5, 0.6) is 0 Å². The van der Waals surface area contributed by atoms with E-state index in [1.807, 2.05) is 13.1 Å². The SMILES string of the molecule is Cc1ncsc1CNC#N. The highest BCUT2D eigenvalue weighted by molar-refractivity contribution is 7.09. The molecule has 0 bridgehead atoms. The quantitative estimate of drug-likeness (QED) is 0.509. The fourth-order valence-corrected chi connectivity index (χ4v) is 1.33. The lowest BCUT2D eigenvalue weighted by molar-refractivity contribution is 0.889. The summed E-state index contributed by atoms with van der Waals surface area (Å²) < 4.78 is 0. The first kappa shape index (κ1) is 7.03. The molecule has 0 atom stereocenters. The van der Waals surface area contributed by atoms with Crippen LogP contribution < -0.4 is 5.32 Å². The van der Waals surface area contributed by atoms with Gasteiger partial charge in [-0.25, -0.2) is 4.98 Å². The number of hydrogen-bond acceptors (Lipinski definition) is 4. The van der Waals surface area contributed by atoms with E-state index in [2.05, 4.69) is 10.3 Å². The third-order valence-corrected chi connectivity index (χ3v) is 2.11. The van der Waals surface area contributed by atoms with Crippen LogP contribution >= 0.6 is 11.3 Å². The fraction of sp³-hybridized carbons (Fsp3) is 0.333. The van der Waals surface area contributed by atoms with Crippen molar-refractivity contribution in [2.24, 2.45) is 0 Å². The molecule has 1 rings (SSSR count). The van der Waals surface area contributed by atoms with Crippen molar-refractivity contribution in [1.82, 2.24) is 10.3 Å². The van der Waals surface area contributed by atoms with Crippen LogP contribution in [0.25, 0.3) is 0 Å². The normalized spacial score (nSPS) is 8.80. The van der Waals surface area contributed by atoms with E-state index in [0.717, 1.165) is 10.6 Å². The maximum absolute atomic E-state index is 8.18. The molecule has 52 valence electrons. The molecule has 0 saturated heterocycles. The molecule has 1 aromatic rings. The molecule has 4 heteroatoms. The fourth-order valence-electron chi connectivity index (χ4n) is 0.616. The highest BCUT2D eigenvalue weighted by Crippen LogP contribution is 2.10. The Bertz CT molecular complexity index is 248. The summed E-state index contributed by atoms with van der Waals surface area (Å²) in [6, 6.07) is 0. The van der Waals surface area contributed by atoms with Gasteiger partial charge in [-0.1, -0.05) is 0 Å². The zero-order chi connectivity index (χ0) is 7.40. The van der Waals surface area contributed by atoms with Gasteiger partial charge in [0, 0.05) is 4.88 Å². The van der Waals surface area contributed by atoms with Crippen LogP contribution in [0.4, 0.5) is 0 Å². The summed E-state index contributed by atoms with van der Waals surface area (Å²) >= 11 is 1.56. The molecular weight excluding hydrogens is 146 g/mol. The zero-order valence-corrected chi connectivity index (χ0v) is 6.40. The Morgan fingerprint density at radius 2 is 2.70 bits per heavy atom. The van der Waals surface area contributed by atoms with Gasteiger partial charge in [0.25, 0.3) is 0 Å². The van der Waals surface area contributed by atoms with E-state index in [4.69, 9.17) is 5.26 Å². The molecule has 3 nitrogen and oxygen atoms in total. The topological polar surface area (TPSA) is 48.7 Å². The molecule has 0 radical (unpaired) electrons. The molecule has 0 saturated carbocycles. The second-order valence-corrected chi connectivity index (χ2v) is 2.77. The van der Waals surface area contributed by atoms with Crippen molar-refractivity contribution in [3.8, 4) is 6.19 Å². The van der Waals surface area contributed by atoms with E-state index in [0.29, 0.717) is 6.54 Å². The maximum atomic E-state index is 8.18. The Morgan fingerprint density at radius 1 is 1.90 bits per heavy atom.